The third kappa shape index (κ3) is 5.00. The maximum absolute atomic E-state index is 13.1. The summed E-state index contributed by atoms with van der Waals surface area (Å²) < 4.78 is 20.0. The van der Waals surface area contributed by atoms with Crippen LogP contribution in [0.5, 0.6) is 17.2 Å². The van der Waals surface area contributed by atoms with Crippen molar-refractivity contribution in [2.75, 3.05) is 19.8 Å². The molecule has 0 unspecified atom stereocenters. The lowest BCUT2D eigenvalue weighted by Gasteiger charge is -2.16. The van der Waals surface area contributed by atoms with E-state index in [0.717, 1.165) is 22.3 Å². The zero-order chi connectivity index (χ0) is 24.2. The molecular formula is C28H26N2O4S. The molecule has 0 saturated carbocycles. The van der Waals surface area contributed by atoms with Crippen LogP contribution in [0.3, 0.4) is 0 Å². The second kappa shape index (κ2) is 10.2. The third-order valence-electron chi connectivity index (χ3n) is 5.51. The normalized spacial score (nSPS) is 12.8. The molecule has 0 radical (unpaired) electrons. The topological polar surface area (TPSA) is 62.1 Å². The molecule has 0 bridgehead atoms. The van der Waals surface area contributed by atoms with E-state index in [0.29, 0.717) is 40.8 Å². The van der Waals surface area contributed by atoms with Crippen LogP contribution in [-0.4, -0.2) is 29.2 Å². The molecule has 35 heavy (non-hydrogen) atoms. The minimum absolute atomic E-state index is 0.0655. The molecular weight excluding hydrogens is 460 g/mol. The number of thiazole rings is 1. The lowest BCUT2D eigenvalue weighted by Crippen LogP contribution is -2.22. The molecule has 7 heteroatoms. The molecule has 0 saturated heterocycles. The number of rotatable bonds is 9. The summed E-state index contributed by atoms with van der Waals surface area (Å²) in [6.07, 6.45) is 1.87. The Balaban J connectivity index is 1.34. The first-order valence-electron chi connectivity index (χ1n) is 11.6. The zero-order valence-corrected chi connectivity index (χ0v) is 20.5. The van der Waals surface area contributed by atoms with Crippen molar-refractivity contribution in [1.82, 2.24) is 9.38 Å². The van der Waals surface area contributed by atoms with E-state index in [9.17, 15) is 4.79 Å². The van der Waals surface area contributed by atoms with Crippen LogP contribution in [0.2, 0.25) is 0 Å². The van der Waals surface area contributed by atoms with Crippen molar-refractivity contribution < 1.29 is 14.2 Å². The van der Waals surface area contributed by atoms with Crippen LogP contribution in [0.15, 0.2) is 77.6 Å². The predicted octanol–water partition coefficient (Wildman–Crippen LogP) is 4.95. The number of hydrogen-bond donors (Lipinski definition) is 0. The number of benzene rings is 3. The maximum atomic E-state index is 13.1. The van der Waals surface area contributed by atoms with Gasteiger partial charge in [-0.15, -0.1) is 0 Å². The number of hydrogen-bond acceptors (Lipinski definition) is 6. The Morgan fingerprint density at radius 1 is 0.943 bits per heavy atom. The van der Waals surface area contributed by atoms with Crippen LogP contribution in [0, 0.1) is 5.92 Å². The quantitative estimate of drug-likeness (QED) is 0.295. The molecule has 6 nitrogen and oxygen atoms in total. The molecule has 0 spiro atoms. The Labute approximate surface area is 207 Å². The third-order valence-corrected chi connectivity index (χ3v) is 6.48. The highest BCUT2D eigenvalue weighted by Crippen LogP contribution is 2.29. The van der Waals surface area contributed by atoms with Crippen molar-refractivity contribution >= 4 is 33.4 Å². The van der Waals surface area contributed by atoms with Crippen LogP contribution in [0.25, 0.3) is 22.1 Å². The van der Waals surface area contributed by atoms with Gasteiger partial charge in [-0.05, 0) is 55.0 Å². The van der Waals surface area contributed by atoms with E-state index in [1.54, 1.807) is 4.40 Å². The summed E-state index contributed by atoms with van der Waals surface area (Å²) in [5.74, 6) is 2.36. The SMILES string of the molecule is CCOc1cc(/C=c2\sc3nc4ccccc4n3c2=O)ccc1OC[C@@H](C)COc1ccccc1. The number of ether oxygens (including phenoxy) is 3. The molecule has 5 aromatic rings. The van der Waals surface area contributed by atoms with Crippen molar-refractivity contribution in [2.24, 2.45) is 5.92 Å². The van der Waals surface area contributed by atoms with Crippen molar-refractivity contribution in [3.63, 3.8) is 0 Å². The minimum atomic E-state index is -0.0655. The molecule has 3 aromatic carbocycles. The van der Waals surface area contributed by atoms with Gasteiger partial charge in [-0.2, -0.15) is 0 Å². The summed E-state index contributed by atoms with van der Waals surface area (Å²) in [4.78, 5) is 18.3. The van der Waals surface area contributed by atoms with E-state index in [1.807, 2.05) is 85.8 Å². The van der Waals surface area contributed by atoms with E-state index in [-0.39, 0.29) is 11.5 Å². The van der Waals surface area contributed by atoms with Crippen LogP contribution in [0.4, 0.5) is 0 Å². The highest BCUT2D eigenvalue weighted by molar-refractivity contribution is 7.15. The molecule has 2 aromatic heterocycles. The van der Waals surface area contributed by atoms with Gasteiger partial charge in [-0.25, -0.2) is 9.38 Å². The molecule has 0 amide bonds. The number of para-hydroxylation sites is 3. The van der Waals surface area contributed by atoms with Crippen LogP contribution < -0.4 is 24.3 Å². The Bertz CT molecular complexity index is 1560. The molecule has 2 heterocycles. The lowest BCUT2D eigenvalue weighted by atomic mass is 10.2. The van der Waals surface area contributed by atoms with Crippen molar-refractivity contribution in [2.45, 2.75) is 13.8 Å². The van der Waals surface area contributed by atoms with Crippen molar-refractivity contribution in [3.8, 4) is 17.2 Å². The van der Waals surface area contributed by atoms with Crippen molar-refractivity contribution in [3.05, 3.63) is 93.2 Å². The molecule has 0 aliphatic rings. The summed E-state index contributed by atoms with van der Waals surface area (Å²) in [6.45, 7) is 5.58. The minimum Gasteiger partial charge on any atom is -0.493 e. The van der Waals surface area contributed by atoms with E-state index >= 15 is 0 Å². The second-order valence-electron chi connectivity index (χ2n) is 8.31. The van der Waals surface area contributed by atoms with Gasteiger partial charge in [0.15, 0.2) is 16.5 Å². The van der Waals surface area contributed by atoms with Crippen LogP contribution in [-0.2, 0) is 0 Å². The average Bonchev–Trinajstić information content (AvgIpc) is 3.39. The van der Waals surface area contributed by atoms with E-state index in [1.165, 1.54) is 11.3 Å². The summed E-state index contributed by atoms with van der Waals surface area (Å²) in [5, 5.41) is 0. The Morgan fingerprint density at radius 2 is 1.71 bits per heavy atom. The monoisotopic (exact) mass is 486 g/mol. The first-order valence-corrected chi connectivity index (χ1v) is 12.4. The van der Waals surface area contributed by atoms with Gasteiger partial charge >= 0.3 is 0 Å². The molecule has 0 fully saturated rings. The fourth-order valence-corrected chi connectivity index (χ4v) is 4.79. The van der Waals surface area contributed by atoms with E-state index in [4.69, 9.17) is 14.2 Å². The molecule has 0 aliphatic heterocycles. The van der Waals surface area contributed by atoms with Crippen LogP contribution in [0.1, 0.15) is 19.4 Å². The molecule has 1 atom stereocenters. The van der Waals surface area contributed by atoms with E-state index < -0.39 is 0 Å². The standard InChI is InChI=1S/C28H26N2O4S/c1-3-32-25-15-20(13-14-24(25)34-18-19(2)17-33-21-9-5-4-6-10-21)16-26-27(31)30-23-12-8-7-11-22(23)29-28(30)35-26/h4-16,19H,3,17-18H2,1-2H3/b26-16-/t19-/m0/s1. The van der Waals surface area contributed by atoms with Gasteiger partial charge < -0.3 is 14.2 Å². The fourth-order valence-electron chi connectivity index (χ4n) is 3.80. The van der Waals surface area contributed by atoms with Gasteiger partial charge in [-0.1, -0.05) is 54.7 Å². The van der Waals surface area contributed by atoms with Gasteiger partial charge in [0.2, 0.25) is 0 Å². The maximum Gasteiger partial charge on any atom is 0.274 e. The zero-order valence-electron chi connectivity index (χ0n) is 19.6. The van der Waals surface area contributed by atoms with Gasteiger partial charge in [0, 0.05) is 5.92 Å². The largest absolute Gasteiger partial charge is 0.493 e. The molecule has 5 rings (SSSR count). The molecule has 0 N–H and O–H groups in total. The fraction of sp³-hybridized carbons (Fsp3) is 0.214. The summed E-state index contributed by atoms with van der Waals surface area (Å²) in [7, 11) is 0. The van der Waals surface area contributed by atoms with Gasteiger partial charge in [0.25, 0.3) is 5.56 Å². The Hall–Kier alpha value is -3.84. The number of imidazole rings is 1. The Morgan fingerprint density at radius 3 is 2.54 bits per heavy atom. The summed E-state index contributed by atoms with van der Waals surface area (Å²) >= 11 is 1.38. The van der Waals surface area contributed by atoms with Gasteiger partial charge in [0.05, 0.1) is 35.4 Å². The molecule has 178 valence electrons. The first-order chi connectivity index (χ1) is 17.1. The average molecular weight is 487 g/mol. The number of nitrogens with zero attached hydrogens (tertiary/aromatic N) is 2. The first kappa shape index (κ1) is 22.9. The lowest BCUT2D eigenvalue weighted by molar-refractivity contribution is 0.182. The second-order valence-corrected chi connectivity index (χ2v) is 9.32. The van der Waals surface area contributed by atoms with E-state index in [2.05, 4.69) is 11.9 Å². The number of aromatic nitrogens is 2. The molecule has 0 aliphatic carbocycles. The highest BCUT2D eigenvalue weighted by Gasteiger charge is 2.12. The van der Waals surface area contributed by atoms with Gasteiger partial charge in [0.1, 0.15) is 5.75 Å². The van der Waals surface area contributed by atoms with Gasteiger partial charge in [-0.3, -0.25) is 4.79 Å². The smallest absolute Gasteiger partial charge is 0.274 e. The highest BCUT2D eigenvalue weighted by atomic mass is 32.1. The Kier molecular flexibility index (Phi) is 6.68. The summed E-state index contributed by atoms with van der Waals surface area (Å²) in [6, 6.07) is 23.2. The number of fused-ring (bicyclic) bond motifs is 3. The predicted molar refractivity (Wildman–Crippen MR) is 140 cm³/mol. The van der Waals surface area contributed by atoms with Crippen molar-refractivity contribution in [1.29, 1.82) is 0 Å². The summed E-state index contributed by atoms with van der Waals surface area (Å²) in [5.41, 5.74) is 2.45. The van der Waals surface area contributed by atoms with Crippen LogP contribution >= 0.6 is 11.3 Å².